The van der Waals surface area contributed by atoms with Crippen molar-refractivity contribution in [3.63, 3.8) is 0 Å². The van der Waals surface area contributed by atoms with Crippen molar-refractivity contribution in [2.75, 3.05) is 37.6 Å². The SMILES string of the molecule is CCc1cc2c(N3CCC[C@@H](C(=O)NCCN4CCc5ccccc5C4)C3)ncnc2s1. The molecule has 1 saturated heterocycles. The van der Waals surface area contributed by atoms with Gasteiger partial charge in [0.15, 0.2) is 0 Å². The number of aryl methyl sites for hydroxylation is 1. The molecule has 6 nitrogen and oxygen atoms in total. The van der Waals surface area contributed by atoms with Gasteiger partial charge in [0.25, 0.3) is 0 Å². The number of hydrogen-bond acceptors (Lipinski definition) is 6. The van der Waals surface area contributed by atoms with Gasteiger partial charge in [0, 0.05) is 44.1 Å². The second-order valence-electron chi connectivity index (χ2n) is 8.85. The molecule has 0 spiro atoms. The number of anilines is 1. The lowest BCUT2D eigenvalue weighted by molar-refractivity contribution is -0.125. The first-order chi connectivity index (χ1) is 15.7. The van der Waals surface area contributed by atoms with E-state index >= 15 is 0 Å². The first kappa shape index (κ1) is 21.3. The second-order valence-corrected chi connectivity index (χ2v) is 9.97. The fourth-order valence-electron chi connectivity index (χ4n) is 4.93. The van der Waals surface area contributed by atoms with Gasteiger partial charge in [-0.05, 0) is 42.9 Å². The first-order valence-corrected chi connectivity index (χ1v) is 12.6. The summed E-state index contributed by atoms with van der Waals surface area (Å²) >= 11 is 1.74. The second kappa shape index (κ2) is 9.55. The van der Waals surface area contributed by atoms with Gasteiger partial charge in [0.05, 0.1) is 11.3 Å². The normalized spacial score (nSPS) is 19.2. The number of amides is 1. The molecule has 1 atom stereocenters. The molecule has 32 heavy (non-hydrogen) atoms. The molecular formula is C25H31N5OS. The van der Waals surface area contributed by atoms with E-state index < -0.39 is 0 Å². The van der Waals surface area contributed by atoms with Gasteiger partial charge in [-0.2, -0.15) is 0 Å². The number of fused-ring (bicyclic) bond motifs is 2. The van der Waals surface area contributed by atoms with Crippen molar-refractivity contribution in [3.05, 3.63) is 52.7 Å². The molecule has 168 valence electrons. The Hall–Kier alpha value is -2.51. The molecule has 1 amide bonds. The quantitative estimate of drug-likeness (QED) is 0.623. The predicted molar refractivity (Wildman–Crippen MR) is 130 cm³/mol. The largest absolute Gasteiger partial charge is 0.355 e. The molecule has 0 saturated carbocycles. The Morgan fingerprint density at radius 2 is 2.09 bits per heavy atom. The molecule has 0 aliphatic carbocycles. The van der Waals surface area contributed by atoms with E-state index in [1.54, 1.807) is 17.7 Å². The predicted octanol–water partition coefficient (Wildman–Crippen LogP) is 3.64. The molecule has 1 aromatic carbocycles. The summed E-state index contributed by atoms with van der Waals surface area (Å²) < 4.78 is 0. The van der Waals surface area contributed by atoms with Crippen LogP contribution in [0, 0.1) is 5.92 Å². The van der Waals surface area contributed by atoms with Crippen molar-refractivity contribution in [3.8, 4) is 0 Å². The van der Waals surface area contributed by atoms with E-state index in [0.29, 0.717) is 6.54 Å². The fourth-order valence-corrected chi connectivity index (χ4v) is 5.86. The molecule has 0 unspecified atom stereocenters. The molecule has 1 fully saturated rings. The number of piperidine rings is 1. The molecule has 3 aromatic rings. The maximum absolute atomic E-state index is 12.9. The van der Waals surface area contributed by atoms with E-state index in [-0.39, 0.29) is 11.8 Å². The Labute approximate surface area is 193 Å². The molecule has 2 aliphatic heterocycles. The summed E-state index contributed by atoms with van der Waals surface area (Å²) in [5, 5.41) is 4.33. The number of nitrogens with one attached hydrogen (secondary N) is 1. The highest BCUT2D eigenvalue weighted by Crippen LogP contribution is 2.32. The van der Waals surface area contributed by atoms with Crippen LogP contribution in [0.15, 0.2) is 36.7 Å². The van der Waals surface area contributed by atoms with Crippen LogP contribution in [0.5, 0.6) is 0 Å². The van der Waals surface area contributed by atoms with Crippen molar-refractivity contribution in [1.29, 1.82) is 0 Å². The van der Waals surface area contributed by atoms with Gasteiger partial charge in [-0.25, -0.2) is 9.97 Å². The summed E-state index contributed by atoms with van der Waals surface area (Å²) in [6, 6.07) is 10.9. The summed E-state index contributed by atoms with van der Waals surface area (Å²) in [4.78, 5) is 29.1. The van der Waals surface area contributed by atoms with Crippen molar-refractivity contribution in [2.24, 2.45) is 5.92 Å². The highest BCUT2D eigenvalue weighted by molar-refractivity contribution is 7.18. The molecular weight excluding hydrogens is 418 g/mol. The lowest BCUT2D eigenvalue weighted by Crippen LogP contribution is -2.45. The highest BCUT2D eigenvalue weighted by Gasteiger charge is 2.28. The van der Waals surface area contributed by atoms with Crippen LogP contribution in [0.3, 0.4) is 0 Å². The van der Waals surface area contributed by atoms with Crippen LogP contribution in [-0.4, -0.2) is 53.5 Å². The Balaban J connectivity index is 1.16. The topological polar surface area (TPSA) is 61.4 Å². The standard InChI is InChI=1S/C25H31N5OS/c1-2-21-14-22-23(27-17-28-25(22)32-21)30-11-5-8-20(16-30)24(31)26-10-13-29-12-9-18-6-3-4-7-19(18)15-29/h3-4,6-7,14,17,20H,2,5,8-13,15-16H2,1H3,(H,26,31)/t20-/m1/s1. The first-order valence-electron chi connectivity index (χ1n) is 11.8. The van der Waals surface area contributed by atoms with Gasteiger partial charge in [-0.1, -0.05) is 31.2 Å². The van der Waals surface area contributed by atoms with E-state index in [4.69, 9.17) is 0 Å². The minimum Gasteiger partial charge on any atom is -0.355 e. The third-order valence-electron chi connectivity index (χ3n) is 6.74. The van der Waals surface area contributed by atoms with Crippen LogP contribution in [-0.2, 0) is 24.2 Å². The van der Waals surface area contributed by atoms with Gasteiger partial charge in [-0.3, -0.25) is 9.69 Å². The average molecular weight is 450 g/mol. The zero-order valence-corrected chi connectivity index (χ0v) is 19.5. The molecule has 0 bridgehead atoms. The number of thiophene rings is 1. The van der Waals surface area contributed by atoms with E-state index in [1.807, 2.05) is 0 Å². The number of carbonyl (C=O) groups excluding carboxylic acids is 1. The van der Waals surface area contributed by atoms with Crippen LogP contribution in [0.25, 0.3) is 10.2 Å². The molecule has 0 radical (unpaired) electrons. The van der Waals surface area contributed by atoms with Crippen LogP contribution < -0.4 is 10.2 Å². The zero-order chi connectivity index (χ0) is 21.9. The van der Waals surface area contributed by atoms with E-state index in [9.17, 15) is 4.79 Å². The molecule has 7 heteroatoms. The van der Waals surface area contributed by atoms with Gasteiger partial charge < -0.3 is 10.2 Å². The highest BCUT2D eigenvalue weighted by atomic mass is 32.1. The Morgan fingerprint density at radius 1 is 1.22 bits per heavy atom. The third kappa shape index (κ3) is 4.50. The van der Waals surface area contributed by atoms with E-state index in [0.717, 1.165) is 74.4 Å². The van der Waals surface area contributed by atoms with Crippen molar-refractivity contribution in [1.82, 2.24) is 20.2 Å². The summed E-state index contributed by atoms with van der Waals surface area (Å²) in [5.41, 5.74) is 2.88. The van der Waals surface area contributed by atoms with Crippen molar-refractivity contribution >= 4 is 33.3 Å². The molecule has 4 heterocycles. The van der Waals surface area contributed by atoms with Crippen LogP contribution in [0.1, 0.15) is 35.8 Å². The minimum atomic E-state index is 0.0140. The zero-order valence-electron chi connectivity index (χ0n) is 18.7. The van der Waals surface area contributed by atoms with Crippen LogP contribution >= 0.6 is 11.3 Å². The Morgan fingerprint density at radius 3 is 2.97 bits per heavy atom. The fraction of sp³-hybridized carbons (Fsp3) is 0.480. The molecule has 1 N–H and O–H groups in total. The van der Waals surface area contributed by atoms with Gasteiger partial charge in [0.2, 0.25) is 5.91 Å². The summed E-state index contributed by atoms with van der Waals surface area (Å²) in [5.74, 6) is 1.17. The monoisotopic (exact) mass is 449 g/mol. The average Bonchev–Trinajstić information content (AvgIpc) is 3.27. The summed E-state index contributed by atoms with van der Waals surface area (Å²) in [6.45, 7) is 7.49. The molecule has 2 aliphatic rings. The maximum atomic E-state index is 12.9. The Bertz CT molecular complexity index is 1100. The number of hydrogen-bond donors (Lipinski definition) is 1. The number of benzene rings is 1. The number of nitrogens with zero attached hydrogens (tertiary/aromatic N) is 4. The maximum Gasteiger partial charge on any atom is 0.224 e. The molecule has 2 aromatic heterocycles. The van der Waals surface area contributed by atoms with Gasteiger partial charge >= 0.3 is 0 Å². The lowest BCUT2D eigenvalue weighted by atomic mass is 9.97. The summed E-state index contributed by atoms with van der Waals surface area (Å²) in [7, 11) is 0. The van der Waals surface area contributed by atoms with E-state index in [2.05, 4.69) is 62.3 Å². The lowest BCUT2D eigenvalue weighted by Gasteiger charge is -2.33. The van der Waals surface area contributed by atoms with E-state index in [1.165, 1.54) is 16.0 Å². The van der Waals surface area contributed by atoms with Crippen LogP contribution in [0.2, 0.25) is 0 Å². The Kier molecular flexibility index (Phi) is 6.37. The number of carbonyl (C=O) groups is 1. The van der Waals surface area contributed by atoms with Gasteiger partial charge in [-0.15, -0.1) is 11.3 Å². The van der Waals surface area contributed by atoms with Crippen molar-refractivity contribution in [2.45, 2.75) is 39.2 Å². The number of aromatic nitrogens is 2. The number of rotatable bonds is 6. The van der Waals surface area contributed by atoms with Gasteiger partial charge in [0.1, 0.15) is 17.0 Å². The minimum absolute atomic E-state index is 0.0140. The third-order valence-corrected chi connectivity index (χ3v) is 7.92. The van der Waals surface area contributed by atoms with Crippen LogP contribution in [0.4, 0.5) is 5.82 Å². The van der Waals surface area contributed by atoms with Crippen molar-refractivity contribution < 1.29 is 4.79 Å². The molecule has 5 rings (SSSR count). The summed E-state index contributed by atoms with van der Waals surface area (Å²) in [6.07, 6.45) is 5.72. The smallest absolute Gasteiger partial charge is 0.224 e.